The molecule has 0 atom stereocenters. The monoisotopic (exact) mass is 421 g/mol. The number of amides is 1. The Morgan fingerprint density at radius 2 is 1.68 bits per heavy atom. The summed E-state index contributed by atoms with van der Waals surface area (Å²) in [5, 5.41) is 5.24. The number of carbonyl (C=O) groups excluding carboxylic acids is 1. The summed E-state index contributed by atoms with van der Waals surface area (Å²) >= 11 is 0. The quantitative estimate of drug-likeness (QED) is 0.511. The first kappa shape index (κ1) is 22.6. The molecular weight excluding hydrogens is 390 g/mol. The first-order valence-corrected chi connectivity index (χ1v) is 10.8. The minimum Gasteiger partial charge on any atom is -0.497 e. The van der Waals surface area contributed by atoms with Crippen molar-refractivity contribution in [3.8, 4) is 16.9 Å². The third kappa shape index (κ3) is 4.35. The molecule has 0 aliphatic heterocycles. The highest BCUT2D eigenvalue weighted by atomic mass is 16.5. The van der Waals surface area contributed by atoms with E-state index in [1.54, 1.807) is 29.8 Å². The molecular formula is C25H31N3O3. The Balaban J connectivity index is 2.35. The number of carbonyl (C=O) groups is 1. The van der Waals surface area contributed by atoms with Gasteiger partial charge in [-0.2, -0.15) is 0 Å². The number of benzene rings is 2. The van der Waals surface area contributed by atoms with Crippen LogP contribution in [0.3, 0.4) is 0 Å². The fourth-order valence-electron chi connectivity index (χ4n) is 4.02. The average Bonchev–Trinajstić information content (AvgIpc) is 2.81. The predicted molar refractivity (Wildman–Crippen MR) is 125 cm³/mol. The van der Waals surface area contributed by atoms with Gasteiger partial charge >= 0.3 is 0 Å². The standard InChI is InChI=1S/C25H31N3O3/c1-6-23(29)28(27(7-2)8-3)17-22-24(18-12-10-9-11-13-18)21-16-19(31-5)14-15-20(21)25(30)26(22)4/h9-16H,6-8,17H2,1-5H3. The van der Waals surface area contributed by atoms with Crippen molar-refractivity contribution >= 4 is 16.7 Å². The van der Waals surface area contributed by atoms with Crippen LogP contribution in [0.15, 0.2) is 53.3 Å². The molecule has 0 radical (unpaired) electrons. The zero-order chi connectivity index (χ0) is 22.5. The molecule has 0 bridgehead atoms. The van der Waals surface area contributed by atoms with E-state index in [1.165, 1.54) is 0 Å². The minimum atomic E-state index is -0.0872. The molecule has 1 amide bonds. The average molecular weight is 422 g/mol. The molecule has 1 aromatic heterocycles. The largest absolute Gasteiger partial charge is 0.497 e. The van der Waals surface area contributed by atoms with Crippen LogP contribution in [0.5, 0.6) is 5.75 Å². The maximum atomic E-state index is 13.3. The zero-order valence-electron chi connectivity index (χ0n) is 19.0. The number of ether oxygens (including phenoxy) is 1. The number of hydrogen-bond acceptors (Lipinski definition) is 4. The molecule has 3 aromatic rings. The van der Waals surface area contributed by atoms with Crippen LogP contribution in [0.1, 0.15) is 32.9 Å². The number of aromatic nitrogens is 1. The maximum absolute atomic E-state index is 13.3. The molecule has 0 saturated heterocycles. The van der Waals surface area contributed by atoms with Crippen LogP contribution in [0, 0.1) is 0 Å². The molecule has 0 spiro atoms. The second-order valence-electron chi connectivity index (χ2n) is 7.41. The fraction of sp³-hybridized carbons (Fsp3) is 0.360. The highest BCUT2D eigenvalue weighted by Gasteiger charge is 2.24. The van der Waals surface area contributed by atoms with Gasteiger partial charge in [-0.05, 0) is 23.8 Å². The van der Waals surface area contributed by atoms with Gasteiger partial charge in [0.15, 0.2) is 0 Å². The highest BCUT2D eigenvalue weighted by molar-refractivity contribution is 5.98. The second-order valence-corrected chi connectivity index (χ2v) is 7.41. The summed E-state index contributed by atoms with van der Waals surface area (Å²) < 4.78 is 7.13. The van der Waals surface area contributed by atoms with E-state index < -0.39 is 0 Å². The predicted octanol–water partition coefficient (Wildman–Crippen LogP) is 4.21. The molecule has 0 unspecified atom stereocenters. The fourth-order valence-corrected chi connectivity index (χ4v) is 4.02. The first-order chi connectivity index (χ1) is 15.0. The van der Waals surface area contributed by atoms with E-state index in [4.69, 9.17) is 4.74 Å². The van der Waals surface area contributed by atoms with Crippen LogP contribution in [0.4, 0.5) is 0 Å². The van der Waals surface area contributed by atoms with Gasteiger partial charge in [0.1, 0.15) is 5.75 Å². The Labute approximate surface area is 183 Å². The molecule has 0 aliphatic carbocycles. The molecule has 2 aromatic carbocycles. The van der Waals surface area contributed by atoms with Gasteiger partial charge in [0, 0.05) is 42.9 Å². The Bertz CT molecular complexity index is 1120. The van der Waals surface area contributed by atoms with E-state index in [9.17, 15) is 9.59 Å². The molecule has 6 nitrogen and oxygen atoms in total. The number of hydrazine groups is 1. The minimum absolute atomic E-state index is 0.0286. The molecule has 31 heavy (non-hydrogen) atoms. The summed E-state index contributed by atoms with van der Waals surface area (Å²) in [4.78, 5) is 26.1. The third-order valence-corrected chi connectivity index (χ3v) is 5.75. The van der Waals surface area contributed by atoms with Crippen molar-refractivity contribution in [3.05, 3.63) is 64.6 Å². The summed E-state index contributed by atoms with van der Waals surface area (Å²) in [5.41, 5.74) is 2.65. The van der Waals surface area contributed by atoms with E-state index in [-0.39, 0.29) is 11.5 Å². The highest BCUT2D eigenvalue weighted by Crippen LogP contribution is 2.33. The van der Waals surface area contributed by atoms with Crippen LogP contribution in [-0.4, -0.2) is 40.7 Å². The van der Waals surface area contributed by atoms with Crippen molar-refractivity contribution in [2.75, 3.05) is 20.2 Å². The Morgan fingerprint density at radius 3 is 2.26 bits per heavy atom. The van der Waals surface area contributed by atoms with Crippen molar-refractivity contribution in [2.24, 2.45) is 7.05 Å². The summed E-state index contributed by atoms with van der Waals surface area (Å²) in [7, 11) is 3.40. The summed E-state index contributed by atoms with van der Waals surface area (Å²) in [5.74, 6) is 0.718. The number of pyridine rings is 1. The Hall–Kier alpha value is -3.12. The van der Waals surface area contributed by atoms with E-state index in [0.29, 0.717) is 37.2 Å². The second kappa shape index (κ2) is 9.79. The number of rotatable bonds is 8. The number of hydrogen-bond donors (Lipinski definition) is 0. The number of methoxy groups -OCH3 is 1. The van der Waals surface area contributed by atoms with E-state index >= 15 is 0 Å². The van der Waals surface area contributed by atoms with Crippen LogP contribution in [0.25, 0.3) is 21.9 Å². The molecule has 0 fully saturated rings. The lowest BCUT2D eigenvalue weighted by molar-refractivity contribution is -0.150. The van der Waals surface area contributed by atoms with Crippen molar-refractivity contribution < 1.29 is 9.53 Å². The number of fused-ring (bicyclic) bond motifs is 1. The van der Waals surface area contributed by atoms with E-state index in [0.717, 1.165) is 22.2 Å². The molecule has 0 N–H and O–H groups in total. The van der Waals surface area contributed by atoms with Gasteiger partial charge in [-0.1, -0.05) is 51.1 Å². The van der Waals surface area contributed by atoms with Gasteiger partial charge in [0.2, 0.25) is 5.91 Å². The van der Waals surface area contributed by atoms with Crippen LogP contribution in [-0.2, 0) is 18.4 Å². The van der Waals surface area contributed by atoms with Crippen molar-refractivity contribution in [3.63, 3.8) is 0 Å². The van der Waals surface area contributed by atoms with Crippen LogP contribution in [0.2, 0.25) is 0 Å². The van der Waals surface area contributed by atoms with Gasteiger partial charge < -0.3 is 9.30 Å². The zero-order valence-corrected chi connectivity index (χ0v) is 19.0. The van der Waals surface area contributed by atoms with E-state index in [2.05, 4.69) is 0 Å². The van der Waals surface area contributed by atoms with Crippen molar-refractivity contribution in [2.45, 2.75) is 33.7 Å². The Morgan fingerprint density at radius 1 is 1.00 bits per heavy atom. The molecule has 0 saturated carbocycles. The van der Waals surface area contributed by atoms with Gasteiger partial charge in [-0.3, -0.25) is 14.6 Å². The third-order valence-electron chi connectivity index (χ3n) is 5.75. The van der Waals surface area contributed by atoms with Gasteiger partial charge in [0.25, 0.3) is 5.56 Å². The number of nitrogens with zero attached hydrogens (tertiary/aromatic N) is 3. The van der Waals surface area contributed by atoms with Crippen molar-refractivity contribution in [1.29, 1.82) is 0 Å². The van der Waals surface area contributed by atoms with Gasteiger partial charge in [-0.15, -0.1) is 0 Å². The van der Waals surface area contributed by atoms with Crippen molar-refractivity contribution in [1.82, 2.24) is 14.6 Å². The summed E-state index contributed by atoms with van der Waals surface area (Å²) in [6.07, 6.45) is 0.395. The molecule has 1 heterocycles. The molecule has 0 aliphatic rings. The summed E-state index contributed by atoms with van der Waals surface area (Å²) in [6.45, 7) is 7.65. The van der Waals surface area contributed by atoms with Crippen LogP contribution >= 0.6 is 0 Å². The lowest BCUT2D eigenvalue weighted by atomic mass is 9.96. The maximum Gasteiger partial charge on any atom is 0.258 e. The molecule has 6 heteroatoms. The van der Waals surface area contributed by atoms with Crippen LogP contribution < -0.4 is 10.3 Å². The smallest absolute Gasteiger partial charge is 0.258 e. The first-order valence-electron chi connectivity index (χ1n) is 10.8. The van der Waals surface area contributed by atoms with Gasteiger partial charge in [-0.25, -0.2) is 5.01 Å². The normalized spacial score (nSPS) is 11.2. The molecule has 3 rings (SSSR count). The lowest BCUT2D eigenvalue weighted by Crippen LogP contribution is -2.46. The Kier molecular flexibility index (Phi) is 7.13. The lowest BCUT2D eigenvalue weighted by Gasteiger charge is -2.34. The van der Waals surface area contributed by atoms with E-state index in [1.807, 2.05) is 68.2 Å². The summed E-state index contributed by atoms with van der Waals surface area (Å²) in [6, 6.07) is 15.5. The SMILES string of the molecule is CCC(=O)N(Cc1c(-c2ccccc2)c2cc(OC)ccc2c(=O)n1C)N(CC)CC. The molecule has 164 valence electrons. The topological polar surface area (TPSA) is 54.8 Å². The van der Waals surface area contributed by atoms with Gasteiger partial charge in [0.05, 0.1) is 19.3 Å².